The Morgan fingerprint density at radius 1 is 1.00 bits per heavy atom. The number of benzene rings is 2. The lowest BCUT2D eigenvalue weighted by Crippen LogP contribution is -2.43. The summed E-state index contributed by atoms with van der Waals surface area (Å²) in [4.78, 5) is 0. The quantitative estimate of drug-likeness (QED) is 0.749. The summed E-state index contributed by atoms with van der Waals surface area (Å²) in [5.74, 6) is 0.572. The average Bonchev–Trinajstić information content (AvgIpc) is 2.68. The standard InChI is InChI=1S/C22H28FNO2/c23-19-11-9-18(10-12-19)22(13-5-2-6-14-22)17-24-15-20(25)16-26-21-7-3-1-4-8-21/h1,3-4,7-12,20,24-25H,2,5-6,13-17H2. The summed E-state index contributed by atoms with van der Waals surface area (Å²) in [7, 11) is 0. The second kappa shape index (κ2) is 9.15. The second-order valence-corrected chi connectivity index (χ2v) is 7.26. The fourth-order valence-electron chi connectivity index (χ4n) is 3.85. The van der Waals surface area contributed by atoms with Gasteiger partial charge in [0.05, 0.1) is 0 Å². The van der Waals surface area contributed by atoms with Crippen LogP contribution in [0.1, 0.15) is 37.7 Å². The Morgan fingerprint density at radius 2 is 1.69 bits per heavy atom. The Hall–Kier alpha value is -1.91. The minimum Gasteiger partial charge on any atom is -0.491 e. The molecule has 0 aromatic heterocycles. The maximum absolute atomic E-state index is 13.3. The Bertz CT molecular complexity index is 654. The molecule has 26 heavy (non-hydrogen) atoms. The number of aliphatic hydroxyl groups is 1. The number of hydrogen-bond acceptors (Lipinski definition) is 3. The van der Waals surface area contributed by atoms with Crippen LogP contribution in [0.3, 0.4) is 0 Å². The molecule has 0 amide bonds. The molecule has 1 unspecified atom stereocenters. The molecule has 3 nitrogen and oxygen atoms in total. The molecule has 0 spiro atoms. The molecule has 0 saturated heterocycles. The highest BCUT2D eigenvalue weighted by molar-refractivity contribution is 5.27. The summed E-state index contributed by atoms with van der Waals surface area (Å²) in [5, 5.41) is 13.6. The van der Waals surface area contributed by atoms with E-state index in [4.69, 9.17) is 4.74 Å². The van der Waals surface area contributed by atoms with E-state index in [1.54, 1.807) is 12.1 Å². The predicted octanol–water partition coefficient (Wildman–Crippen LogP) is 4.06. The van der Waals surface area contributed by atoms with E-state index in [-0.39, 0.29) is 17.8 Å². The van der Waals surface area contributed by atoms with Gasteiger partial charge in [-0.1, -0.05) is 49.6 Å². The molecule has 1 atom stereocenters. The summed E-state index contributed by atoms with van der Waals surface area (Å²) < 4.78 is 18.9. The molecule has 2 N–H and O–H groups in total. The fraction of sp³-hybridized carbons (Fsp3) is 0.455. The van der Waals surface area contributed by atoms with E-state index in [0.29, 0.717) is 6.54 Å². The average molecular weight is 357 g/mol. The lowest BCUT2D eigenvalue weighted by Gasteiger charge is -2.38. The van der Waals surface area contributed by atoms with Gasteiger partial charge in [0, 0.05) is 18.5 Å². The lowest BCUT2D eigenvalue weighted by molar-refractivity contribution is 0.103. The molecule has 1 aliphatic carbocycles. The van der Waals surface area contributed by atoms with Crippen molar-refractivity contribution in [2.45, 2.75) is 43.6 Å². The van der Waals surface area contributed by atoms with Crippen LogP contribution < -0.4 is 10.1 Å². The fourth-order valence-corrected chi connectivity index (χ4v) is 3.85. The molecule has 2 aromatic rings. The smallest absolute Gasteiger partial charge is 0.123 e. The maximum Gasteiger partial charge on any atom is 0.123 e. The zero-order chi connectivity index (χ0) is 18.2. The van der Waals surface area contributed by atoms with Crippen molar-refractivity contribution in [3.63, 3.8) is 0 Å². The third-order valence-electron chi connectivity index (χ3n) is 5.30. The van der Waals surface area contributed by atoms with Crippen molar-refractivity contribution in [1.29, 1.82) is 0 Å². The van der Waals surface area contributed by atoms with Gasteiger partial charge in [0.2, 0.25) is 0 Å². The SMILES string of the molecule is OC(CNCC1(c2ccc(F)cc2)CCCCC1)COc1ccccc1. The summed E-state index contributed by atoms with van der Waals surface area (Å²) in [6.07, 6.45) is 5.28. The van der Waals surface area contributed by atoms with Gasteiger partial charge in [-0.3, -0.25) is 0 Å². The van der Waals surface area contributed by atoms with Crippen molar-refractivity contribution in [3.05, 3.63) is 66.0 Å². The van der Waals surface area contributed by atoms with Crippen LogP contribution in [-0.4, -0.2) is 30.9 Å². The molecule has 1 aliphatic rings. The highest BCUT2D eigenvalue weighted by Crippen LogP contribution is 2.39. The van der Waals surface area contributed by atoms with Gasteiger partial charge < -0.3 is 15.2 Å². The van der Waals surface area contributed by atoms with Gasteiger partial charge in [0.25, 0.3) is 0 Å². The summed E-state index contributed by atoms with van der Waals surface area (Å²) >= 11 is 0. The Kier molecular flexibility index (Phi) is 6.64. The first-order valence-corrected chi connectivity index (χ1v) is 9.51. The van der Waals surface area contributed by atoms with Crippen LogP contribution in [-0.2, 0) is 5.41 Å². The number of halogens is 1. The third kappa shape index (κ3) is 5.05. The van der Waals surface area contributed by atoms with Crippen LogP contribution in [0.5, 0.6) is 5.75 Å². The summed E-state index contributed by atoms with van der Waals surface area (Å²) in [6, 6.07) is 16.4. The minimum atomic E-state index is -0.566. The molecule has 0 heterocycles. The van der Waals surface area contributed by atoms with Crippen molar-refractivity contribution in [2.24, 2.45) is 0 Å². The van der Waals surface area contributed by atoms with E-state index in [9.17, 15) is 9.50 Å². The van der Waals surface area contributed by atoms with Gasteiger partial charge in [-0.15, -0.1) is 0 Å². The van der Waals surface area contributed by atoms with Crippen LogP contribution in [0.15, 0.2) is 54.6 Å². The molecular weight excluding hydrogens is 329 g/mol. The first-order chi connectivity index (χ1) is 12.7. The third-order valence-corrected chi connectivity index (χ3v) is 5.30. The first-order valence-electron chi connectivity index (χ1n) is 9.51. The van der Waals surface area contributed by atoms with E-state index in [1.165, 1.54) is 24.8 Å². The number of rotatable bonds is 8. The van der Waals surface area contributed by atoms with Gasteiger partial charge in [-0.05, 0) is 42.7 Å². The molecule has 1 fully saturated rings. The van der Waals surface area contributed by atoms with E-state index >= 15 is 0 Å². The molecule has 1 saturated carbocycles. The zero-order valence-electron chi connectivity index (χ0n) is 15.2. The number of nitrogens with one attached hydrogen (secondary N) is 1. The van der Waals surface area contributed by atoms with Crippen LogP contribution >= 0.6 is 0 Å². The molecule has 0 bridgehead atoms. The van der Waals surface area contributed by atoms with Crippen molar-refractivity contribution in [3.8, 4) is 5.75 Å². The molecule has 140 valence electrons. The van der Waals surface area contributed by atoms with Crippen LogP contribution in [0, 0.1) is 5.82 Å². The Morgan fingerprint density at radius 3 is 2.38 bits per heavy atom. The maximum atomic E-state index is 13.3. The first kappa shape index (κ1) is 18.9. The number of ether oxygens (including phenoxy) is 1. The molecular formula is C22H28FNO2. The Labute approximate surface area is 155 Å². The monoisotopic (exact) mass is 357 g/mol. The normalized spacial score (nSPS) is 17.6. The van der Waals surface area contributed by atoms with Gasteiger partial charge >= 0.3 is 0 Å². The molecule has 4 heteroatoms. The second-order valence-electron chi connectivity index (χ2n) is 7.26. The minimum absolute atomic E-state index is 0.0337. The highest BCUT2D eigenvalue weighted by atomic mass is 19.1. The van der Waals surface area contributed by atoms with Crippen molar-refractivity contribution in [1.82, 2.24) is 5.32 Å². The van der Waals surface area contributed by atoms with E-state index in [0.717, 1.165) is 25.1 Å². The van der Waals surface area contributed by atoms with Crippen molar-refractivity contribution >= 4 is 0 Å². The predicted molar refractivity (Wildman–Crippen MR) is 102 cm³/mol. The number of hydrogen-bond donors (Lipinski definition) is 2. The van der Waals surface area contributed by atoms with Crippen molar-refractivity contribution < 1.29 is 14.2 Å². The van der Waals surface area contributed by atoms with Crippen molar-refractivity contribution in [2.75, 3.05) is 19.7 Å². The van der Waals surface area contributed by atoms with E-state index < -0.39 is 6.10 Å². The van der Waals surface area contributed by atoms with E-state index in [2.05, 4.69) is 5.32 Å². The number of aliphatic hydroxyl groups excluding tert-OH is 1. The number of para-hydroxylation sites is 1. The van der Waals surface area contributed by atoms with Gasteiger partial charge in [-0.25, -0.2) is 4.39 Å². The largest absolute Gasteiger partial charge is 0.491 e. The van der Waals surface area contributed by atoms with Crippen LogP contribution in [0.2, 0.25) is 0 Å². The lowest BCUT2D eigenvalue weighted by atomic mass is 9.69. The Balaban J connectivity index is 1.52. The van der Waals surface area contributed by atoms with Gasteiger partial charge in [0.1, 0.15) is 24.3 Å². The molecule has 0 aliphatic heterocycles. The molecule has 2 aromatic carbocycles. The summed E-state index contributed by atoms with van der Waals surface area (Å²) in [6.45, 7) is 1.54. The topological polar surface area (TPSA) is 41.5 Å². The van der Waals surface area contributed by atoms with Gasteiger partial charge in [0.15, 0.2) is 0 Å². The highest BCUT2D eigenvalue weighted by Gasteiger charge is 2.33. The molecule has 3 rings (SSSR count). The van der Waals surface area contributed by atoms with Crippen LogP contribution in [0.4, 0.5) is 4.39 Å². The molecule has 0 radical (unpaired) electrons. The zero-order valence-corrected chi connectivity index (χ0v) is 15.2. The van der Waals surface area contributed by atoms with Crippen LogP contribution in [0.25, 0.3) is 0 Å². The summed E-state index contributed by atoms with van der Waals surface area (Å²) in [5.41, 5.74) is 1.23. The van der Waals surface area contributed by atoms with E-state index in [1.807, 2.05) is 42.5 Å². The van der Waals surface area contributed by atoms with Gasteiger partial charge in [-0.2, -0.15) is 0 Å².